The van der Waals surface area contributed by atoms with Gasteiger partial charge in [0.05, 0.1) is 0 Å². The van der Waals surface area contributed by atoms with Crippen LogP contribution >= 0.6 is 11.3 Å². The van der Waals surface area contributed by atoms with E-state index in [1.165, 1.54) is 9.51 Å². The van der Waals surface area contributed by atoms with Crippen molar-refractivity contribution in [2.75, 3.05) is 18.4 Å². The molecule has 9 heteroatoms. The van der Waals surface area contributed by atoms with E-state index in [0.717, 1.165) is 6.54 Å². The normalized spacial score (nSPS) is 22.0. The number of rotatable bonds is 5. The topological polar surface area (TPSA) is 71.2 Å². The van der Waals surface area contributed by atoms with Crippen LogP contribution in [-0.4, -0.2) is 55.5 Å². The van der Waals surface area contributed by atoms with E-state index in [-0.39, 0.29) is 6.04 Å². The predicted molar refractivity (Wildman–Crippen MR) is 85.1 cm³/mol. The van der Waals surface area contributed by atoms with Crippen LogP contribution in [0.1, 0.15) is 11.3 Å². The highest BCUT2D eigenvalue weighted by Crippen LogP contribution is 2.24. The molecule has 120 valence electrons. The van der Waals surface area contributed by atoms with Crippen molar-refractivity contribution < 1.29 is 4.39 Å². The van der Waals surface area contributed by atoms with Crippen LogP contribution in [0, 0.1) is 0 Å². The molecule has 2 atom stereocenters. The van der Waals surface area contributed by atoms with Crippen LogP contribution in [0.3, 0.4) is 0 Å². The molecule has 0 bridgehead atoms. The number of fused-ring (bicyclic) bond motifs is 1. The lowest BCUT2D eigenvalue weighted by atomic mass is 10.2. The third-order valence-electron chi connectivity index (χ3n) is 4.00. The van der Waals surface area contributed by atoms with E-state index in [0.29, 0.717) is 31.0 Å². The van der Waals surface area contributed by atoms with Crippen LogP contribution in [-0.2, 0) is 6.54 Å². The summed E-state index contributed by atoms with van der Waals surface area (Å²) in [6, 6.07) is 7.90. The number of nitrogens with one attached hydrogen (secondary N) is 1. The number of tetrazole rings is 1. The maximum absolute atomic E-state index is 13.8. The minimum absolute atomic E-state index is 0.151. The van der Waals surface area contributed by atoms with Gasteiger partial charge in [-0.1, -0.05) is 6.07 Å². The minimum Gasteiger partial charge on any atom is -0.367 e. The van der Waals surface area contributed by atoms with Gasteiger partial charge < -0.3 is 5.32 Å². The second-order valence-electron chi connectivity index (χ2n) is 5.62. The number of hydrogen-bond acceptors (Lipinski definition) is 7. The Morgan fingerprint density at radius 1 is 1.35 bits per heavy atom. The van der Waals surface area contributed by atoms with Crippen LogP contribution in [0.5, 0.6) is 0 Å². The lowest BCUT2D eigenvalue weighted by Crippen LogP contribution is -2.34. The molecule has 4 rings (SSSR count). The summed E-state index contributed by atoms with van der Waals surface area (Å²) in [5.74, 6) is 0.684. The zero-order valence-corrected chi connectivity index (χ0v) is 13.2. The molecular formula is C14H16FN7S. The monoisotopic (exact) mass is 333 g/mol. The molecule has 23 heavy (non-hydrogen) atoms. The molecule has 1 aliphatic rings. The molecule has 0 aliphatic carbocycles. The van der Waals surface area contributed by atoms with Crippen molar-refractivity contribution in [3.63, 3.8) is 0 Å². The first kappa shape index (κ1) is 14.5. The number of aromatic nitrogens is 5. The Hall–Kier alpha value is -2.13. The first-order valence-electron chi connectivity index (χ1n) is 7.48. The number of anilines is 1. The molecule has 0 saturated carbocycles. The van der Waals surface area contributed by atoms with Crippen molar-refractivity contribution in [1.82, 2.24) is 30.2 Å². The number of nitrogens with zero attached hydrogens (tertiary/aromatic N) is 6. The number of likely N-dealkylation sites (tertiary alicyclic amines) is 1. The summed E-state index contributed by atoms with van der Waals surface area (Å²) in [7, 11) is 0. The van der Waals surface area contributed by atoms with Gasteiger partial charge in [-0.2, -0.15) is 0 Å². The van der Waals surface area contributed by atoms with E-state index in [9.17, 15) is 4.39 Å². The van der Waals surface area contributed by atoms with Crippen molar-refractivity contribution in [2.24, 2.45) is 0 Å². The van der Waals surface area contributed by atoms with Crippen molar-refractivity contribution in [1.29, 1.82) is 0 Å². The van der Waals surface area contributed by atoms with E-state index in [1.54, 1.807) is 17.4 Å². The van der Waals surface area contributed by atoms with Gasteiger partial charge in [0.25, 0.3) is 0 Å². The summed E-state index contributed by atoms with van der Waals surface area (Å²) in [6.07, 6.45) is -0.220. The van der Waals surface area contributed by atoms with Crippen molar-refractivity contribution in [2.45, 2.75) is 25.2 Å². The largest absolute Gasteiger partial charge is 0.367 e. The van der Waals surface area contributed by atoms with Gasteiger partial charge in [0.15, 0.2) is 5.65 Å². The SMILES string of the molecule is F[C@H]1C[C@@H](CNc2ccc3nnnn3n2)N(Cc2cccs2)C1. The Morgan fingerprint density at radius 3 is 3.17 bits per heavy atom. The van der Waals surface area contributed by atoms with Crippen LogP contribution < -0.4 is 5.32 Å². The van der Waals surface area contributed by atoms with Crippen molar-refractivity contribution in [3.8, 4) is 0 Å². The zero-order valence-electron chi connectivity index (χ0n) is 12.3. The summed E-state index contributed by atoms with van der Waals surface area (Å²) < 4.78 is 15.2. The lowest BCUT2D eigenvalue weighted by Gasteiger charge is -2.23. The summed E-state index contributed by atoms with van der Waals surface area (Å²) in [5.41, 5.74) is 0.597. The van der Waals surface area contributed by atoms with Gasteiger partial charge in [0, 0.05) is 30.6 Å². The molecule has 1 N–H and O–H groups in total. The predicted octanol–water partition coefficient (Wildman–Crippen LogP) is 1.61. The molecule has 0 spiro atoms. The second kappa shape index (κ2) is 6.17. The van der Waals surface area contributed by atoms with Gasteiger partial charge in [-0.25, -0.2) is 4.39 Å². The molecule has 0 amide bonds. The lowest BCUT2D eigenvalue weighted by molar-refractivity contribution is 0.243. The van der Waals surface area contributed by atoms with Crippen molar-refractivity contribution in [3.05, 3.63) is 34.5 Å². The highest BCUT2D eigenvalue weighted by molar-refractivity contribution is 7.09. The van der Waals surface area contributed by atoms with Gasteiger partial charge in [0.2, 0.25) is 0 Å². The van der Waals surface area contributed by atoms with E-state index in [2.05, 4.69) is 42.3 Å². The van der Waals surface area contributed by atoms with Gasteiger partial charge in [-0.3, -0.25) is 4.90 Å². The number of thiophene rings is 1. The van der Waals surface area contributed by atoms with Gasteiger partial charge >= 0.3 is 0 Å². The summed E-state index contributed by atoms with van der Waals surface area (Å²) >= 11 is 1.71. The standard InChI is InChI=1S/C14H16FN7S/c15-10-6-11(21(8-10)9-12-2-1-5-23-12)7-16-13-3-4-14-17-19-20-22(14)18-13/h1-5,10-11H,6-9H2,(H,16,18)/t10-,11-/m0/s1. The number of halogens is 1. The maximum Gasteiger partial charge on any atom is 0.200 e. The first-order valence-corrected chi connectivity index (χ1v) is 8.36. The van der Waals surface area contributed by atoms with Gasteiger partial charge in [-0.05, 0) is 40.4 Å². The van der Waals surface area contributed by atoms with Crippen LogP contribution in [0.2, 0.25) is 0 Å². The highest BCUT2D eigenvalue weighted by atomic mass is 32.1. The fourth-order valence-electron chi connectivity index (χ4n) is 2.90. The van der Waals surface area contributed by atoms with Gasteiger partial charge in [-0.15, -0.1) is 26.2 Å². The molecule has 1 saturated heterocycles. The summed E-state index contributed by atoms with van der Waals surface area (Å²) in [6.45, 7) is 1.93. The maximum atomic E-state index is 13.8. The molecular weight excluding hydrogens is 317 g/mol. The number of hydrogen-bond donors (Lipinski definition) is 1. The molecule has 0 radical (unpaired) electrons. The van der Waals surface area contributed by atoms with E-state index < -0.39 is 6.17 Å². The second-order valence-corrected chi connectivity index (χ2v) is 6.65. The molecule has 0 unspecified atom stereocenters. The molecule has 1 aliphatic heterocycles. The van der Waals surface area contributed by atoms with Crippen LogP contribution in [0.15, 0.2) is 29.6 Å². The number of alkyl halides is 1. The fourth-order valence-corrected chi connectivity index (χ4v) is 3.63. The van der Waals surface area contributed by atoms with Gasteiger partial charge in [0.1, 0.15) is 12.0 Å². The summed E-state index contributed by atoms with van der Waals surface area (Å²) in [4.78, 5) is 3.45. The van der Waals surface area contributed by atoms with Crippen LogP contribution in [0.4, 0.5) is 10.2 Å². The van der Waals surface area contributed by atoms with E-state index in [4.69, 9.17) is 0 Å². The molecule has 3 aromatic rings. The smallest absolute Gasteiger partial charge is 0.200 e. The molecule has 0 aromatic carbocycles. The van der Waals surface area contributed by atoms with E-state index >= 15 is 0 Å². The zero-order chi connectivity index (χ0) is 15.6. The molecule has 3 aromatic heterocycles. The molecule has 4 heterocycles. The third-order valence-corrected chi connectivity index (χ3v) is 4.87. The van der Waals surface area contributed by atoms with Crippen LogP contribution in [0.25, 0.3) is 5.65 Å². The third kappa shape index (κ3) is 3.15. The molecule has 7 nitrogen and oxygen atoms in total. The first-order chi connectivity index (χ1) is 11.3. The Morgan fingerprint density at radius 2 is 2.30 bits per heavy atom. The average Bonchev–Trinajstić information content (AvgIpc) is 3.26. The Balaban J connectivity index is 1.41. The molecule has 1 fully saturated rings. The Labute approximate surface area is 136 Å². The average molecular weight is 333 g/mol. The fraction of sp³-hybridized carbons (Fsp3) is 0.429. The minimum atomic E-state index is -0.767. The Kier molecular flexibility index (Phi) is 3.88. The Bertz CT molecular complexity index is 774. The highest BCUT2D eigenvalue weighted by Gasteiger charge is 2.32. The van der Waals surface area contributed by atoms with E-state index in [1.807, 2.05) is 12.1 Å². The summed E-state index contributed by atoms with van der Waals surface area (Å²) in [5, 5.41) is 20.7. The quantitative estimate of drug-likeness (QED) is 0.765. The van der Waals surface area contributed by atoms with Crippen molar-refractivity contribution >= 4 is 22.8 Å².